The van der Waals surface area contributed by atoms with E-state index in [0.717, 1.165) is 32.1 Å². The Balaban J connectivity index is 2.12. The molecule has 0 radical (unpaired) electrons. The van der Waals surface area contributed by atoms with Crippen molar-refractivity contribution in [2.75, 3.05) is 7.11 Å². The van der Waals surface area contributed by atoms with Gasteiger partial charge in [0.15, 0.2) is 0 Å². The number of carbonyl (C=O) groups excluding carboxylic acids is 2. The Hall–Kier alpha value is -0.860. The fourth-order valence-electron chi connectivity index (χ4n) is 4.24. The third-order valence-electron chi connectivity index (χ3n) is 5.87. The van der Waals surface area contributed by atoms with Crippen LogP contribution in [0.25, 0.3) is 0 Å². The highest BCUT2D eigenvalue weighted by Gasteiger charge is 2.48. The molecule has 0 aromatic rings. The second-order valence-corrected chi connectivity index (χ2v) is 6.86. The summed E-state index contributed by atoms with van der Waals surface area (Å²) >= 11 is 0. The van der Waals surface area contributed by atoms with Gasteiger partial charge in [-0.2, -0.15) is 0 Å². The molecular weight excluding hydrogens is 240 g/mol. The molecule has 0 heterocycles. The topological polar surface area (TPSA) is 43.4 Å². The molecule has 0 aromatic heterocycles. The van der Waals surface area contributed by atoms with E-state index in [0.29, 0.717) is 23.0 Å². The summed E-state index contributed by atoms with van der Waals surface area (Å²) in [6.07, 6.45) is 5.00. The van der Waals surface area contributed by atoms with Crippen molar-refractivity contribution in [3.05, 3.63) is 0 Å². The molecule has 0 spiro atoms. The number of hydrogen-bond donors (Lipinski definition) is 0. The molecule has 2 aliphatic rings. The molecule has 0 saturated heterocycles. The first-order valence-electron chi connectivity index (χ1n) is 7.49. The minimum absolute atomic E-state index is 0.0428. The molecule has 3 heteroatoms. The van der Waals surface area contributed by atoms with E-state index in [2.05, 4.69) is 13.8 Å². The van der Waals surface area contributed by atoms with Crippen LogP contribution in [0.1, 0.15) is 52.9 Å². The number of carbonyl (C=O) groups is 2. The van der Waals surface area contributed by atoms with Crippen molar-refractivity contribution >= 4 is 11.8 Å². The van der Waals surface area contributed by atoms with Gasteiger partial charge in [-0.1, -0.05) is 20.8 Å². The van der Waals surface area contributed by atoms with Gasteiger partial charge in [-0.15, -0.1) is 0 Å². The molecule has 2 fully saturated rings. The van der Waals surface area contributed by atoms with Gasteiger partial charge in [-0.3, -0.25) is 9.59 Å². The standard InChI is InChI=1S/C16H26O3/c1-10(15(18)19-4)12-5-7-16(3)8-6-14(17)11(2)13(16)9-12/h10-13H,5-9H2,1-4H3/t10-,11+,12+,13+,16-/m0/s1. The molecule has 2 aliphatic carbocycles. The number of methoxy groups -OCH3 is 1. The predicted molar refractivity (Wildman–Crippen MR) is 73.5 cm³/mol. The zero-order valence-electron chi connectivity index (χ0n) is 12.6. The highest BCUT2D eigenvalue weighted by atomic mass is 16.5. The molecule has 0 aliphatic heterocycles. The number of esters is 1. The van der Waals surface area contributed by atoms with E-state index in [1.54, 1.807) is 0 Å². The van der Waals surface area contributed by atoms with Gasteiger partial charge in [-0.05, 0) is 42.9 Å². The minimum atomic E-state index is -0.108. The average molecular weight is 266 g/mol. The van der Waals surface area contributed by atoms with E-state index in [9.17, 15) is 9.59 Å². The van der Waals surface area contributed by atoms with Crippen molar-refractivity contribution in [2.45, 2.75) is 52.9 Å². The van der Waals surface area contributed by atoms with E-state index in [-0.39, 0.29) is 17.8 Å². The molecule has 0 bridgehead atoms. The Kier molecular flexibility index (Phi) is 4.03. The van der Waals surface area contributed by atoms with Gasteiger partial charge in [0.05, 0.1) is 13.0 Å². The first-order chi connectivity index (χ1) is 8.89. The summed E-state index contributed by atoms with van der Waals surface area (Å²) in [5.41, 5.74) is 0.305. The summed E-state index contributed by atoms with van der Waals surface area (Å²) in [5, 5.41) is 0. The smallest absolute Gasteiger partial charge is 0.308 e. The van der Waals surface area contributed by atoms with Gasteiger partial charge in [0.25, 0.3) is 0 Å². The zero-order valence-corrected chi connectivity index (χ0v) is 12.6. The number of rotatable bonds is 2. The van der Waals surface area contributed by atoms with Gasteiger partial charge in [0.1, 0.15) is 5.78 Å². The first-order valence-corrected chi connectivity index (χ1v) is 7.49. The van der Waals surface area contributed by atoms with E-state index in [1.165, 1.54) is 7.11 Å². The highest BCUT2D eigenvalue weighted by molar-refractivity contribution is 5.82. The molecule has 19 heavy (non-hydrogen) atoms. The second kappa shape index (κ2) is 5.26. The van der Waals surface area contributed by atoms with Crippen LogP contribution in [0.5, 0.6) is 0 Å². The van der Waals surface area contributed by atoms with Crippen LogP contribution in [0.2, 0.25) is 0 Å². The maximum atomic E-state index is 12.0. The SMILES string of the molecule is COC(=O)[C@@H](C)[C@@H]1CC[C@@]2(C)CCC(=O)[C@H](C)[C@H]2C1. The van der Waals surface area contributed by atoms with Crippen molar-refractivity contribution in [3.8, 4) is 0 Å². The highest BCUT2D eigenvalue weighted by Crippen LogP contribution is 2.54. The third-order valence-corrected chi connectivity index (χ3v) is 5.87. The Morgan fingerprint density at radius 1 is 1.42 bits per heavy atom. The van der Waals surface area contributed by atoms with Crippen LogP contribution in [-0.2, 0) is 14.3 Å². The molecule has 0 amide bonds. The van der Waals surface area contributed by atoms with Crippen LogP contribution in [0.3, 0.4) is 0 Å². The van der Waals surface area contributed by atoms with Gasteiger partial charge >= 0.3 is 5.97 Å². The molecule has 0 unspecified atom stereocenters. The van der Waals surface area contributed by atoms with Crippen molar-refractivity contribution in [3.63, 3.8) is 0 Å². The average Bonchev–Trinajstić information content (AvgIpc) is 2.41. The predicted octanol–water partition coefficient (Wildman–Crippen LogP) is 3.22. The normalized spacial score (nSPS) is 40.4. The molecular formula is C16H26O3. The van der Waals surface area contributed by atoms with Crippen LogP contribution < -0.4 is 0 Å². The Morgan fingerprint density at radius 2 is 2.11 bits per heavy atom. The summed E-state index contributed by atoms with van der Waals surface area (Å²) in [6, 6.07) is 0. The van der Waals surface area contributed by atoms with Crippen LogP contribution in [0, 0.1) is 29.1 Å². The van der Waals surface area contributed by atoms with Crippen LogP contribution in [0.15, 0.2) is 0 Å². The van der Waals surface area contributed by atoms with Crippen molar-refractivity contribution in [2.24, 2.45) is 29.1 Å². The fraction of sp³-hybridized carbons (Fsp3) is 0.875. The Morgan fingerprint density at radius 3 is 2.74 bits per heavy atom. The van der Waals surface area contributed by atoms with Crippen LogP contribution in [0.4, 0.5) is 0 Å². The maximum Gasteiger partial charge on any atom is 0.308 e. The third kappa shape index (κ3) is 2.56. The fourth-order valence-corrected chi connectivity index (χ4v) is 4.24. The number of ether oxygens (including phenoxy) is 1. The molecule has 108 valence electrons. The van der Waals surface area contributed by atoms with Gasteiger partial charge in [-0.25, -0.2) is 0 Å². The molecule has 0 N–H and O–H groups in total. The maximum absolute atomic E-state index is 12.0. The quantitative estimate of drug-likeness (QED) is 0.721. The number of hydrogen-bond acceptors (Lipinski definition) is 3. The first kappa shape index (κ1) is 14.5. The Labute approximate surface area is 116 Å². The lowest BCUT2D eigenvalue weighted by atomic mass is 9.54. The summed E-state index contributed by atoms with van der Waals surface area (Å²) in [4.78, 5) is 23.7. The Bertz CT molecular complexity index is 376. The van der Waals surface area contributed by atoms with Gasteiger partial charge in [0, 0.05) is 12.3 Å². The monoisotopic (exact) mass is 266 g/mol. The summed E-state index contributed by atoms with van der Waals surface area (Å²) < 4.78 is 4.87. The lowest BCUT2D eigenvalue weighted by Gasteiger charge is -2.50. The summed E-state index contributed by atoms with van der Waals surface area (Å²) in [5.74, 6) is 1.24. The number of ketones is 1. The van der Waals surface area contributed by atoms with Gasteiger partial charge in [0.2, 0.25) is 0 Å². The second-order valence-electron chi connectivity index (χ2n) is 6.86. The van der Waals surface area contributed by atoms with Crippen LogP contribution in [-0.4, -0.2) is 18.9 Å². The minimum Gasteiger partial charge on any atom is -0.469 e. The van der Waals surface area contributed by atoms with Crippen LogP contribution >= 0.6 is 0 Å². The summed E-state index contributed by atoms with van der Waals surface area (Å²) in [7, 11) is 1.46. The number of Topliss-reactive ketones (excluding diaryl/α,β-unsaturated/α-hetero) is 1. The van der Waals surface area contributed by atoms with Crippen molar-refractivity contribution in [1.82, 2.24) is 0 Å². The molecule has 2 rings (SSSR count). The molecule has 3 nitrogen and oxygen atoms in total. The molecule has 2 saturated carbocycles. The lowest BCUT2D eigenvalue weighted by Crippen LogP contribution is -2.46. The van der Waals surface area contributed by atoms with E-state index < -0.39 is 0 Å². The number of fused-ring (bicyclic) bond motifs is 1. The van der Waals surface area contributed by atoms with Crippen molar-refractivity contribution < 1.29 is 14.3 Å². The molecule has 0 aromatic carbocycles. The lowest BCUT2D eigenvalue weighted by molar-refractivity contribution is -0.149. The largest absolute Gasteiger partial charge is 0.469 e. The van der Waals surface area contributed by atoms with Crippen molar-refractivity contribution in [1.29, 1.82) is 0 Å². The van der Waals surface area contributed by atoms with E-state index >= 15 is 0 Å². The van der Waals surface area contributed by atoms with E-state index in [1.807, 2.05) is 6.92 Å². The molecule has 5 atom stereocenters. The van der Waals surface area contributed by atoms with Gasteiger partial charge < -0.3 is 4.74 Å². The summed E-state index contributed by atoms with van der Waals surface area (Å²) in [6.45, 7) is 6.38. The zero-order chi connectivity index (χ0) is 14.2. The van der Waals surface area contributed by atoms with E-state index in [4.69, 9.17) is 4.74 Å².